The molecule has 0 aliphatic carbocycles. The average molecular weight is 513 g/mol. The maximum atomic E-state index is 14.3. The molecule has 7 heteroatoms. The highest BCUT2D eigenvalue weighted by Crippen LogP contribution is 2.52. The monoisotopic (exact) mass is 512 g/mol. The molecule has 1 fully saturated rings. The fourth-order valence-corrected chi connectivity index (χ4v) is 7.15. The Bertz CT molecular complexity index is 1470. The molecule has 0 N–H and O–H groups in total. The van der Waals surface area contributed by atoms with Gasteiger partial charge in [0.05, 0.1) is 15.4 Å². The SMILES string of the molecule is Cc1ccc(C2(c3ccc(C)cc3)CC(c3ccccc3)CN2S(=O)(=O)c2ccc([N+](=O)[O-])cc2)cc1. The van der Waals surface area contributed by atoms with E-state index in [2.05, 4.69) is 0 Å². The predicted octanol–water partition coefficient (Wildman–Crippen LogP) is 6.33. The third-order valence-corrected chi connectivity index (χ3v) is 9.23. The third kappa shape index (κ3) is 4.45. The molecule has 0 spiro atoms. The number of sulfonamides is 1. The van der Waals surface area contributed by atoms with Crippen molar-refractivity contribution in [3.63, 3.8) is 0 Å². The second-order valence-electron chi connectivity index (χ2n) is 9.69. The van der Waals surface area contributed by atoms with E-state index in [1.807, 2.05) is 92.7 Å². The molecule has 1 aliphatic rings. The molecule has 0 amide bonds. The van der Waals surface area contributed by atoms with E-state index in [-0.39, 0.29) is 23.0 Å². The van der Waals surface area contributed by atoms with Crippen molar-refractivity contribution >= 4 is 15.7 Å². The van der Waals surface area contributed by atoms with E-state index >= 15 is 0 Å². The fourth-order valence-electron chi connectivity index (χ4n) is 5.35. The Labute approximate surface area is 217 Å². The van der Waals surface area contributed by atoms with Crippen molar-refractivity contribution in [2.45, 2.75) is 36.6 Å². The molecule has 5 rings (SSSR count). The minimum absolute atomic E-state index is 0.0374. The Kier molecular flexibility index (Phi) is 6.43. The molecule has 1 heterocycles. The van der Waals surface area contributed by atoms with Crippen molar-refractivity contribution in [2.24, 2.45) is 0 Å². The molecule has 4 aromatic carbocycles. The van der Waals surface area contributed by atoms with Crippen molar-refractivity contribution in [3.8, 4) is 0 Å². The molecule has 6 nitrogen and oxygen atoms in total. The van der Waals surface area contributed by atoms with Gasteiger partial charge in [0.1, 0.15) is 0 Å². The summed E-state index contributed by atoms with van der Waals surface area (Å²) in [6, 6.07) is 31.3. The minimum Gasteiger partial charge on any atom is -0.258 e. The van der Waals surface area contributed by atoms with Gasteiger partial charge in [-0.15, -0.1) is 0 Å². The summed E-state index contributed by atoms with van der Waals surface area (Å²) in [5.74, 6) is -0.0448. The fraction of sp³-hybridized carbons (Fsp3) is 0.200. The van der Waals surface area contributed by atoms with E-state index < -0.39 is 20.5 Å². The molecule has 1 saturated heterocycles. The van der Waals surface area contributed by atoms with Gasteiger partial charge in [0, 0.05) is 24.6 Å². The lowest BCUT2D eigenvalue weighted by Crippen LogP contribution is -2.45. The molecule has 0 radical (unpaired) electrons. The van der Waals surface area contributed by atoms with Crippen molar-refractivity contribution < 1.29 is 13.3 Å². The summed E-state index contributed by atoms with van der Waals surface area (Å²) in [5, 5.41) is 11.2. The third-order valence-electron chi connectivity index (χ3n) is 7.32. The summed E-state index contributed by atoms with van der Waals surface area (Å²) in [6.07, 6.45) is 0.565. The summed E-state index contributed by atoms with van der Waals surface area (Å²) in [5.41, 5.74) is 3.94. The largest absolute Gasteiger partial charge is 0.269 e. The zero-order chi connectivity index (χ0) is 26.2. The zero-order valence-corrected chi connectivity index (χ0v) is 21.6. The Morgan fingerprint density at radius 2 is 1.30 bits per heavy atom. The van der Waals surface area contributed by atoms with Gasteiger partial charge in [0.2, 0.25) is 10.0 Å². The number of hydrogen-bond donors (Lipinski definition) is 0. The van der Waals surface area contributed by atoms with Crippen molar-refractivity contribution in [3.05, 3.63) is 141 Å². The quantitative estimate of drug-likeness (QED) is 0.223. The molecule has 37 heavy (non-hydrogen) atoms. The lowest BCUT2D eigenvalue weighted by Gasteiger charge is -2.39. The second kappa shape index (κ2) is 9.57. The van der Waals surface area contributed by atoms with Gasteiger partial charge >= 0.3 is 0 Å². The van der Waals surface area contributed by atoms with Crippen LogP contribution in [-0.2, 0) is 15.6 Å². The van der Waals surface area contributed by atoms with Crippen LogP contribution in [0.2, 0.25) is 0 Å². The molecule has 0 bridgehead atoms. The topological polar surface area (TPSA) is 80.5 Å². The van der Waals surface area contributed by atoms with E-state index in [0.29, 0.717) is 6.42 Å². The minimum atomic E-state index is -4.04. The van der Waals surface area contributed by atoms with Crippen LogP contribution in [0.3, 0.4) is 0 Å². The number of benzene rings is 4. The molecular formula is C30H28N2O4S. The molecule has 1 aliphatic heterocycles. The van der Waals surface area contributed by atoms with Gasteiger partial charge in [-0.3, -0.25) is 10.1 Å². The Hall–Kier alpha value is -3.81. The van der Waals surface area contributed by atoms with Crippen LogP contribution in [0, 0.1) is 24.0 Å². The number of nitrogens with zero attached hydrogens (tertiary/aromatic N) is 2. The first kappa shape index (κ1) is 24.9. The van der Waals surface area contributed by atoms with Crippen LogP contribution in [0.5, 0.6) is 0 Å². The normalized spacial score (nSPS) is 17.5. The van der Waals surface area contributed by atoms with Gasteiger partial charge in [-0.2, -0.15) is 4.31 Å². The predicted molar refractivity (Wildman–Crippen MR) is 144 cm³/mol. The Morgan fingerprint density at radius 1 is 0.784 bits per heavy atom. The van der Waals surface area contributed by atoms with Crippen molar-refractivity contribution in [1.29, 1.82) is 0 Å². The van der Waals surface area contributed by atoms with E-state index in [9.17, 15) is 18.5 Å². The Balaban J connectivity index is 1.74. The highest BCUT2D eigenvalue weighted by molar-refractivity contribution is 7.89. The first-order valence-electron chi connectivity index (χ1n) is 12.2. The molecule has 1 unspecified atom stereocenters. The van der Waals surface area contributed by atoms with Crippen LogP contribution in [0.4, 0.5) is 5.69 Å². The first-order chi connectivity index (χ1) is 17.7. The van der Waals surface area contributed by atoms with Gasteiger partial charge in [-0.05, 0) is 49.1 Å². The van der Waals surface area contributed by atoms with Gasteiger partial charge in [0.15, 0.2) is 0 Å². The van der Waals surface area contributed by atoms with Crippen LogP contribution in [0.1, 0.15) is 40.2 Å². The molecule has 0 saturated carbocycles. The zero-order valence-electron chi connectivity index (χ0n) is 20.7. The van der Waals surface area contributed by atoms with Gasteiger partial charge < -0.3 is 0 Å². The smallest absolute Gasteiger partial charge is 0.258 e. The second-order valence-corrected chi connectivity index (χ2v) is 11.6. The number of non-ortho nitro benzene ring substituents is 1. The van der Waals surface area contributed by atoms with Gasteiger partial charge in [-0.1, -0.05) is 90.0 Å². The maximum Gasteiger partial charge on any atom is 0.269 e. The summed E-state index contributed by atoms with van der Waals surface area (Å²) in [7, 11) is -4.04. The molecule has 4 aromatic rings. The number of nitro benzene ring substituents is 1. The van der Waals surface area contributed by atoms with Crippen LogP contribution in [0.15, 0.2) is 108 Å². The molecule has 0 aromatic heterocycles. The van der Waals surface area contributed by atoms with Crippen molar-refractivity contribution in [2.75, 3.05) is 6.54 Å². The lowest BCUT2D eigenvalue weighted by molar-refractivity contribution is -0.384. The van der Waals surface area contributed by atoms with Gasteiger partial charge in [0.25, 0.3) is 5.69 Å². The van der Waals surface area contributed by atoms with Gasteiger partial charge in [-0.25, -0.2) is 8.42 Å². The summed E-state index contributed by atoms with van der Waals surface area (Å²) < 4.78 is 30.3. The van der Waals surface area contributed by atoms with E-state index in [1.54, 1.807) is 4.31 Å². The average Bonchev–Trinajstić information content (AvgIpc) is 3.33. The maximum absolute atomic E-state index is 14.3. The highest BCUT2D eigenvalue weighted by Gasteiger charge is 2.53. The molecular weight excluding hydrogens is 484 g/mol. The first-order valence-corrected chi connectivity index (χ1v) is 13.6. The number of aryl methyl sites for hydroxylation is 2. The van der Waals surface area contributed by atoms with E-state index in [0.717, 1.165) is 27.8 Å². The number of rotatable bonds is 6. The number of nitro groups is 1. The number of hydrogen-bond acceptors (Lipinski definition) is 4. The lowest BCUT2D eigenvalue weighted by atomic mass is 9.78. The standard InChI is InChI=1S/C30H28N2O4S/c1-22-8-12-26(13-9-22)30(27-14-10-23(2)11-15-27)20-25(24-6-4-3-5-7-24)21-31(30)37(35,36)29-18-16-28(17-19-29)32(33)34/h3-19,25H,20-21H2,1-2H3. The highest BCUT2D eigenvalue weighted by atomic mass is 32.2. The Morgan fingerprint density at radius 3 is 1.78 bits per heavy atom. The van der Waals surface area contributed by atoms with Crippen LogP contribution in [-0.4, -0.2) is 24.2 Å². The van der Waals surface area contributed by atoms with Crippen LogP contribution >= 0.6 is 0 Å². The van der Waals surface area contributed by atoms with E-state index in [1.165, 1.54) is 24.3 Å². The van der Waals surface area contributed by atoms with Crippen molar-refractivity contribution in [1.82, 2.24) is 4.31 Å². The van der Waals surface area contributed by atoms with E-state index in [4.69, 9.17) is 0 Å². The summed E-state index contributed by atoms with van der Waals surface area (Å²) >= 11 is 0. The van der Waals surface area contributed by atoms with Crippen LogP contribution in [0.25, 0.3) is 0 Å². The summed E-state index contributed by atoms with van der Waals surface area (Å²) in [6.45, 7) is 4.30. The molecule has 1 atom stereocenters. The summed E-state index contributed by atoms with van der Waals surface area (Å²) in [4.78, 5) is 10.7. The molecule has 188 valence electrons. The van der Waals surface area contributed by atoms with Crippen LogP contribution < -0.4 is 0 Å².